The van der Waals surface area contributed by atoms with Crippen LogP contribution in [0.2, 0.25) is 5.15 Å². The van der Waals surface area contributed by atoms with Crippen LogP contribution in [0, 0.1) is 25.5 Å². The van der Waals surface area contributed by atoms with Crippen LogP contribution in [0.3, 0.4) is 0 Å². The zero-order chi connectivity index (χ0) is 21.4. The second-order valence-electron chi connectivity index (χ2n) is 6.40. The van der Waals surface area contributed by atoms with Crippen molar-refractivity contribution in [2.75, 3.05) is 5.32 Å². The van der Waals surface area contributed by atoms with Gasteiger partial charge in [-0.2, -0.15) is 9.78 Å². The van der Waals surface area contributed by atoms with Crippen molar-refractivity contribution in [1.29, 1.82) is 0 Å². The van der Waals surface area contributed by atoms with Crippen LogP contribution in [0.25, 0.3) is 11.4 Å². The van der Waals surface area contributed by atoms with E-state index in [9.17, 15) is 13.6 Å². The van der Waals surface area contributed by atoms with Crippen molar-refractivity contribution < 1.29 is 13.6 Å². The highest BCUT2D eigenvalue weighted by Crippen LogP contribution is 2.26. The number of benzene rings is 2. The smallest absolute Gasteiger partial charge is 0.260 e. The van der Waals surface area contributed by atoms with Gasteiger partial charge in [0.15, 0.2) is 5.82 Å². The molecule has 0 aliphatic rings. The largest absolute Gasteiger partial charge is 0.319 e. The van der Waals surface area contributed by atoms with Crippen LogP contribution in [-0.2, 0) is 0 Å². The topological polar surface area (TPSA) is 90.5 Å². The number of amides is 1. The predicted molar refractivity (Wildman–Crippen MR) is 105 cm³/mol. The molecule has 2 heterocycles. The first-order chi connectivity index (χ1) is 14.3. The standard InChI is InChI=1S/C19H14ClF2N7O/c1-10-17(18(20)29(25-10)13-5-3-12(21)4-6-13)19(30)23-16-9-14(7-8-15(16)22)28-11(2)24-26-27-28/h3-9H,1-2H3,(H,23,30). The Balaban J connectivity index is 1.67. The fraction of sp³-hybridized carbons (Fsp3) is 0.105. The SMILES string of the molecule is Cc1nn(-c2ccc(F)cc2)c(Cl)c1C(=O)Nc1cc(-n2nnnc2C)ccc1F. The average Bonchev–Trinajstić information content (AvgIpc) is 3.27. The average molecular weight is 430 g/mol. The molecule has 0 atom stereocenters. The lowest BCUT2D eigenvalue weighted by molar-refractivity contribution is 0.102. The van der Waals surface area contributed by atoms with E-state index in [1.807, 2.05) is 0 Å². The van der Waals surface area contributed by atoms with E-state index in [1.54, 1.807) is 13.8 Å². The minimum absolute atomic E-state index is 0.0180. The third-order valence-corrected chi connectivity index (χ3v) is 4.72. The number of carbonyl (C=O) groups excluding carboxylic acids is 1. The lowest BCUT2D eigenvalue weighted by atomic mass is 10.2. The van der Waals surface area contributed by atoms with E-state index in [0.29, 0.717) is 22.9 Å². The quantitative estimate of drug-likeness (QED) is 0.534. The Morgan fingerprint density at radius 1 is 1.03 bits per heavy atom. The lowest BCUT2D eigenvalue weighted by Gasteiger charge is -2.09. The molecule has 0 saturated heterocycles. The van der Waals surface area contributed by atoms with Crippen molar-refractivity contribution >= 4 is 23.2 Å². The zero-order valence-electron chi connectivity index (χ0n) is 15.8. The number of carbonyl (C=O) groups is 1. The Bertz CT molecular complexity index is 1250. The summed E-state index contributed by atoms with van der Waals surface area (Å²) in [7, 11) is 0. The molecule has 0 aliphatic carbocycles. The molecule has 11 heteroatoms. The minimum Gasteiger partial charge on any atom is -0.319 e. The van der Waals surface area contributed by atoms with Crippen LogP contribution >= 0.6 is 11.6 Å². The molecule has 8 nitrogen and oxygen atoms in total. The van der Waals surface area contributed by atoms with Crippen LogP contribution in [0.4, 0.5) is 14.5 Å². The molecule has 2 aromatic carbocycles. The Morgan fingerprint density at radius 2 is 1.73 bits per heavy atom. The van der Waals surface area contributed by atoms with Gasteiger partial charge in [0, 0.05) is 0 Å². The molecule has 152 valence electrons. The Morgan fingerprint density at radius 3 is 2.40 bits per heavy atom. The zero-order valence-corrected chi connectivity index (χ0v) is 16.5. The van der Waals surface area contributed by atoms with E-state index in [2.05, 4.69) is 25.9 Å². The maximum atomic E-state index is 14.3. The van der Waals surface area contributed by atoms with Crippen molar-refractivity contribution in [3.63, 3.8) is 0 Å². The van der Waals surface area contributed by atoms with Gasteiger partial charge in [0.05, 0.1) is 22.8 Å². The Hall–Kier alpha value is -3.66. The van der Waals surface area contributed by atoms with Crippen LogP contribution in [-0.4, -0.2) is 35.9 Å². The highest BCUT2D eigenvalue weighted by molar-refractivity contribution is 6.34. The summed E-state index contributed by atoms with van der Waals surface area (Å²) in [4.78, 5) is 12.8. The summed E-state index contributed by atoms with van der Waals surface area (Å²) in [6, 6.07) is 9.56. The minimum atomic E-state index is -0.643. The van der Waals surface area contributed by atoms with Gasteiger partial charge in [0.1, 0.15) is 22.4 Å². The van der Waals surface area contributed by atoms with Crippen molar-refractivity contribution in [2.45, 2.75) is 13.8 Å². The van der Waals surface area contributed by atoms with Crippen molar-refractivity contribution in [2.24, 2.45) is 0 Å². The molecule has 0 radical (unpaired) electrons. The van der Waals surface area contributed by atoms with Gasteiger partial charge < -0.3 is 5.32 Å². The number of hydrogen-bond donors (Lipinski definition) is 1. The number of aryl methyl sites for hydroxylation is 2. The van der Waals surface area contributed by atoms with Crippen LogP contribution in [0.5, 0.6) is 0 Å². The van der Waals surface area contributed by atoms with Gasteiger partial charge in [-0.05, 0) is 66.7 Å². The van der Waals surface area contributed by atoms with Crippen LogP contribution in [0.1, 0.15) is 21.9 Å². The number of halogens is 3. The summed E-state index contributed by atoms with van der Waals surface area (Å²) < 4.78 is 30.2. The first kappa shape index (κ1) is 19.6. The number of anilines is 1. The molecular formula is C19H14ClF2N7O. The Labute approximate surface area is 174 Å². The number of nitrogens with one attached hydrogen (secondary N) is 1. The summed E-state index contributed by atoms with van der Waals surface area (Å²) in [5.74, 6) is -1.20. The summed E-state index contributed by atoms with van der Waals surface area (Å²) in [5, 5.41) is 17.9. The highest BCUT2D eigenvalue weighted by atomic mass is 35.5. The molecule has 2 aromatic heterocycles. The molecule has 1 amide bonds. The molecule has 0 unspecified atom stereocenters. The maximum absolute atomic E-state index is 14.3. The van der Waals surface area contributed by atoms with Crippen LogP contribution in [0.15, 0.2) is 42.5 Å². The second kappa shape index (κ2) is 7.64. The number of hydrogen-bond acceptors (Lipinski definition) is 5. The van der Waals surface area contributed by atoms with Crippen molar-refractivity contribution in [3.8, 4) is 11.4 Å². The van der Waals surface area contributed by atoms with Crippen molar-refractivity contribution in [1.82, 2.24) is 30.0 Å². The van der Waals surface area contributed by atoms with Gasteiger partial charge in [-0.15, -0.1) is 5.10 Å². The molecule has 4 aromatic rings. The molecular weight excluding hydrogens is 416 g/mol. The number of tetrazole rings is 1. The van der Waals surface area contributed by atoms with Gasteiger partial charge in [-0.3, -0.25) is 4.79 Å². The van der Waals surface area contributed by atoms with Gasteiger partial charge in [-0.1, -0.05) is 11.6 Å². The van der Waals surface area contributed by atoms with E-state index in [4.69, 9.17) is 11.6 Å². The molecule has 0 saturated carbocycles. The fourth-order valence-electron chi connectivity index (χ4n) is 2.91. The first-order valence-electron chi connectivity index (χ1n) is 8.72. The third-order valence-electron chi connectivity index (χ3n) is 4.37. The molecule has 0 spiro atoms. The van der Waals surface area contributed by atoms with E-state index in [1.165, 1.54) is 51.8 Å². The van der Waals surface area contributed by atoms with E-state index in [0.717, 1.165) is 0 Å². The van der Waals surface area contributed by atoms with Gasteiger partial charge in [0.25, 0.3) is 5.91 Å². The molecule has 1 N–H and O–H groups in total. The molecule has 4 rings (SSSR count). The van der Waals surface area contributed by atoms with Crippen molar-refractivity contribution in [3.05, 3.63) is 76.3 Å². The van der Waals surface area contributed by atoms with E-state index >= 15 is 0 Å². The van der Waals surface area contributed by atoms with Crippen LogP contribution < -0.4 is 5.32 Å². The van der Waals surface area contributed by atoms with Gasteiger partial charge in [-0.25, -0.2) is 13.5 Å². The normalized spacial score (nSPS) is 11.0. The maximum Gasteiger partial charge on any atom is 0.260 e. The van der Waals surface area contributed by atoms with Gasteiger partial charge in [0.2, 0.25) is 0 Å². The molecule has 0 fully saturated rings. The number of aromatic nitrogens is 6. The monoisotopic (exact) mass is 429 g/mol. The first-order valence-corrected chi connectivity index (χ1v) is 9.10. The summed E-state index contributed by atoms with van der Waals surface area (Å²) in [6.07, 6.45) is 0. The molecule has 0 aliphatic heterocycles. The molecule has 0 bridgehead atoms. The third kappa shape index (κ3) is 3.52. The lowest BCUT2D eigenvalue weighted by Crippen LogP contribution is -2.15. The summed E-state index contributed by atoms with van der Waals surface area (Å²) in [6.45, 7) is 3.28. The summed E-state index contributed by atoms with van der Waals surface area (Å²) in [5.41, 5.74) is 1.28. The second-order valence-corrected chi connectivity index (χ2v) is 6.75. The van der Waals surface area contributed by atoms with E-state index in [-0.39, 0.29) is 16.4 Å². The molecule has 30 heavy (non-hydrogen) atoms. The highest BCUT2D eigenvalue weighted by Gasteiger charge is 2.22. The predicted octanol–water partition coefficient (Wildman–Crippen LogP) is 3.65. The van der Waals surface area contributed by atoms with Gasteiger partial charge >= 0.3 is 0 Å². The summed E-state index contributed by atoms with van der Waals surface area (Å²) >= 11 is 6.36. The Kier molecular flexibility index (Phi) is 5.00. The number of nitrogens with zero attached hydrogens (tertiary/aromatic N) is 6. The number of rotatable bonds is 4. The fourth-order valence-corrected chi connectivity index (χ4v) is 3.26. The van der Waals surface area contributed by atoms with E-state index < -0.39 is 17.5 Å².